The first-order valence-electron chi connectivity index (χ1n) is 20.4. The highest BCUT2D eigenvalue weighted by Gasteiger charge is 2.52. The van der Waals surface area contributed by atoms with Crippen LogP contribution in [0.1, 0.15) is 22.3 Å². The standard InChI is InChI=1S/C56H33N3O/c1-2-14-34(15-3-1)53-57-54(59-55(58-53)46-23-13-22-45-43-19-7-11-27-50(43)60-52(45)46)38-31-29-35-32-37(30-28-36(35)33-38)39-20-12-21-44-42-18-6-10-26-49(42)56(51(39)44)47-24-8-4-16-40(47)41-17-5-9-25-48(41)56/h1-33H. The minimum absolute atomic E-state index is 0.423. The maximum atomic E-state index is 6.45. The smallest absolute Gasteiger partial charge is 0.167 e. The van der Waals surface area contributed by atoms with Crippen LogP contribution in [0.2, 0.25) is 0 Å². The topological polar surface area (TPSA) is 51.8 Å². The van der Waals surface area contributed by atoms with Gasteiger partial charge >= 0.3 is 0 Å². The van der Waals surface area contributed by atoms with Crippen molar-refractivity contribution in [2.24, 2.45) is 0 Å². The van der Waals surface area contributed by atoms with Gasteiger partial charge in [0.05, 0.1) is 11.0 Å². The Morgan fingerprint density at radius 1 is 0.333 bits per heavy atom. The summed E-state index contributed by atoms with van der Waals surface area (Å²) in [7, 11) is 0. The summed E-state index contributed by atoms with van der Waals surface area (Å²) in [4.78, 5) is 15.3. The lowest BCUT2D eigenvalue weighted by Gasteiger charge is -2.32. The quantitative estimate of drug-likeness (QED) is 0.179. The summed E-state index contributed by atoms with van der Waals surface area (Å²) in [5.74, 6) is 1.79. The number of hydrogen-bond donors (Lipinski definition) is 0. The van der Waals surface area contributed by atoms with Crippen molar-refractivity contribution in [2.45, 2.75) is 5.41 Å². The Morgan fingerprint density at radius 2 is 0.833 bits per heavy atom. The molecular formula is C56H33N3O. The summed E-state index contributed by atoms with van der Waals surface area (Å²) in [5, 5.41) is 4.36. The molecule has 2 aliphatic carbocycles. The normalized spacial score (nSPS) is 13.1. The molecule has 0 amide bonds. The van der Waals surface area contributed by atoms with Crippen LogP contribution in [0.3, 0.4) is 0 Å². The lowest BCUT2D eigenvalue weighted by Crippen LogP contribution is -2.26. The van der Waals surface area contributed by atoms with Gasteiger partial charge in [0.2, 0.25) is 0 Å². The average molecular weight is 764 g/mol. The van der Waals surface area contributed by atoms with Gasteiger partial charge in [-0.15, -0.1) is 0 Å². The van der Waals surface area contributed by atoms with Crippen LogP contribution in [0, 0.1) is 0 Å². The van der Waals surface area contributed by atoms with Crippen LogP contribution in [0.25, 0.3) is 100 Å². The van der Waals surface area contributed by atoms with Gasteiger partial charge in [0, 0.05) is 21.9 Å². The van der Waals surface area contributed by atoms with Crippen molar-refractivity contribution < 1.29 is 4.42 Å². The molecule has 60 heavy (non-hydrogen) atoms. The highest BCUT2D eigenvalue weighted by atomic mass is 16.3. The van der Waals surface area contributed by atoms with Crippen LogP contribution in [-0.2, 0) is 5.41 Å². The predicted molar refractivity (Wildman–Crippen MR) is 243 cm³/mol. The molecule has 11 aromatic rings. The fourth-order valence-corrected chi connectivity index (χ4v) is 10.2. The highest BCUT2D eigenvalue weighted by molar-refractivity contribution is 6.09. The molecule has 0 unspecified atom stereocenters. The first-order chi connectivity index (χ1) is 29.7. The molecule has 0 atom stereocenters. The Labute approximate surface area is 346 Å². The number of fused-ring (bicyclic) bond motifs is 14. The highest BCUT2D eigenvalue weighted by Crippen LogP contribution is 2.64. The van der Waals surface area contributed by atoms with Crippen LogP contribution < -0.4 is 0 Å². The minimum atomic E-state index is -0.423. The molecule has 278 valence electrons. The van der Waals surface area contributed by atoms with Gasteiger partial charge in [-0.25, -0.2) is 15.0 Å². The van der Waals surface area contributed by atoms with E-state index in [1.807, 2.05) is 60.7 Å². The molecule has 2 heterocycles. The van der Waals surface area contributed by atoms with Crippen molar-refractivity contribution in [2.75, 3.05) is 0 Å². The van der Waals surface area contributed by atoms with Gasteiger partial charge in [-0.05, 0) is 90.7 Å². The van der Waals surface area contributed by atoms with Gasteiger partial charge in [0.15, 0.2) is 17.5 Å². The molecule has 13 rings (SSSR count). The van der Waals surface area contributed by atoms with Crippen molar-refractivity contribution in [1.82, 2.24) is 15.0 Å². The zero-order valence-corrected chi connectivity index (χ0v) is 32.3. The number of rotatable bonds is 4. The van der Waals surface area contributed by atoms with E-state index in [9.17, 15) is 0 Å². The van der Waals surface area contributed by atoms with Crippen molar-refractivity contribution in [3.63, 3.8) is 0 Å². The van der Waals surface area contributed by atoms with E-state index in [1.165, 1.54) is 55.6 Å². The van der Waals surface area contributed by atoms with Crippen molar-refractivity contribution in [3.8, 4) is 67.5 Å². The van der Waals surface area contributed by atoms with Crippen LogP contribution >= 0.6 is 0 Å². The number of furan rings is 1. The van der Waals surface area contributed by atoms with Crippen molar-refractivity contribution in [3.05, 3.63) is 222 Å². The predicted octanol–water partition coefficient (Wildman–Crippen LogP) is 13.9. The summed E-state index contributed by atoms with van der Waals surface area (Å²) in [6.45, 7) is 0. The summed E-state index contributed by atoms with van der Waals surface area (Å²) in [5.41, 5.74) is 16.9. The lowest BCUT2D eigenvalue weighted by molar-refractivity contribution is 0.669. The van der Waals surface area contributed by atoms with E-state index < -0.39 is 5.41 Å². The maximum absolute atomic E-state index is 6.45. The number of benzene rings is 9. The molecule has 0 aliphatic heterocycles. The third-order valence-electron chi connectivity index (χ3n) is 12.7. The number of aromatic nitrogens is 3. The van der Waals surface area contributed by atoms with Crippen molar-refractivity contribution >= 4 is 32.7 Å². The first-order valence-corrected chi connectivity index (χ1v) is 20.4. The molecule has 1 spiro atoms. The summed E-state index contributed by atoms with van der Waals surface area (Å²) in [6.07, 6.45) is 0. The second-order valence-corrected chi connectivity index (χ2v) is 15.8. The number of nitrogens with zero attached hydrogens (tertiary/aromatic N) is 3. The van der Waals surface area contributed by atoms with Gasteiger partial charge in [0.25, 0.3) is 0 Å². The molecule has 4 nitrogen and oxygen atoms in total. The minimum Gasteiger partial charge on any atom is -0.455 e. The van der Waals surface area contributed by atoms with Crippen LogP contribution in [0.5, 0.6) is 0 Å². The SMILES string of the molecule is c1ccc(-c2nc(-c3ccc4cc(-c5cccc6c5C5(c7ccccc7-c7ccccc75)c5ccccc5-6)ccc4c3)nc(-c3cccc4c3oc3ccccc34)n2)cc1. The molecule has 9 aromatic carbocycles. The Bertz CT molecular complexity index is 3500. The van der Waals surface area contributed by atoms with Gasteiger partial charge in [0.1, 0.15) is 11.2 Å². The van der Waals surface area contributed by atoms with Gasteiger partial charge in [-0.2, -0.15) is 0 Å². The van der Waals surface area contributed by atoms with Gasteiger partial charge < -0.3 is 4.42 Å². The second-order valence-electron chi connectivity index (χ2n) is 15.8. The van der Waals surface area contributed by atoms with Crippen LogP contribution in [-0.4, -0.2) is 15.0 Å². The van der Waals surface area contributed by atoms with E-state index in [0.717, 1.165) is 49.4 Å². The monoisotopic (exact) mass is 763 g/mol. The summed E-state index contributed by atoms with van der Waals surface area (Å²) >= 11 is 0. The fourth-order valence-electron chi connectivity index (χ4n) is 10.2. The van der Waals surface area contributed by atoms with E-state index in [2.05, 4.69) is 140 Å². The molecule has 2 aliphatic rings. The summed E-state index contributed by atoms with van der Waals surface area (Å²) in [6, 6.07) is 71.7. The third kappa shape index (κ3) is 4.59. The van der Waals surface area contributed by atoms with E-state index >= 15 is 0 Å². The average Bonchev–Trinajstić information content (AvgIpc) is 3.96. The lowest BCUT2D eigenvalue weighted by atomic mass is 9.68. The summed E-state index contributed by atoms with van der Waals surface area (Å²) < 4.78 is 6.45. The van der Waals surface area contributed by atoms with E-state index in [-0.39, 0.29) is 0 Å². The molecule has 4 heteroatoms. The largest absolute Gasteiger partial charge is 0.455 e. The Balaban J connectivity index is 0.969. The molecule has 0 saturated carbocycles. The van der Waals surface area contributed by atoms with Crippen LogP contribution in [0.15, 0.2) is 205 Å². The first kappa shape index (κ1) is 33.1. The van der Waals surface area contributed by atoms with Gasteiger partial charge in [-0.1, -0.05) is 176 Å². The van der Waals surface area contributed by atoms with Gasteiger partial charge in [-0.3, -0.25) is 0 Å². The molecule has 2 aromatic heterocycles. The fraction of sp³-hybridized carbons (Fsp3) is 0.0179. The molecule has 0 bridgehead atoms. The van der Waals surface area contributed by atoms with E-state index in [4.69, 9.17) is 19.4 Å². The van der Waals surface area contributed by atoms with E-state index in [0.29, 0.717) is 17.5 Å². The van der Waals surface area contributed by atoms with Crippen LogP contribution in [0.4, 0.5) is 0 Å². The Kier molecular flexibility index (Phi) is 6.90. The Morgan fingerprint density at radius 3 is 1.57 bits per heavy atom. The number of hydrogen-bond acceptors (Lipinski definition) is 4. The molecular weight excluding hydrogens is 731 g/mol. The molecule has 0 fully saturated rings. The number of para-hydroxylation sites is 2. The maximum Gasteiger partial charge on any atom is 0.167 e. The third-order valence-corrected chi connectivity index (χ3v) is 12.7. The second kappa shape index (κ2) is 12.5. The zero-order chi connectivity index (χ0) is 39.4. The molecule has 0 saturated heterocycles. The van der Waals surface area contributed by atoms with Crippen molar-refractivity contribution in [1.29, 1.82) is 0 Å². The molecule has 0 radical (unpaired) electrons. The Hall–Kier alpha value is -7.95. The van der Waals surface area contributed by atoms with E-state index in [1.54, 1.807) is 0 Å². The zero-order valence-electron chi connectivity index (χ0n) is 32.3. The molecule has 0 N–H and O–H groups in total.